The van der Waals surface area contributed by atoms with Crippen molar-refractivity contribution in [3.63, 3.8) is 0 Å². The van der Waals surface area contributed by atoms with Gasteiger partial charge in [-0.2, -0.15) is 0 Å². The van der Waals surface area contributed by atoms with Gasteiger partial charge in [0.2, 0.25) is 0 Å². The molecule has 0 aliphatic heterocycles. The van der Waals surface area contributed by atoms with Gasteiger partial charge in [0.25, 0.3) is 0 Å². The van der Waals surface area contributed by atoms with Crippen molar-refractivity contribution in [1.29, 1.82) is 0 Å². The number of aromatic nitrogens is 1. The highest BCUT2D eigenvalue weighted by atomic mass is 35.5. The predicted octanol–water partition coefficient (Wildman–Crippen LogP) is 2.33. The van der Waals surface area contributed by atoms with Crippen molar-refractivity contribution in [3.05, 3.63) is 63.6 Å². The molecule has 3 aromatic rings. The lowest BCUT2D eigenvalue weighted by Crippen LogP contribution is -2.36. The number of oxazole rings is 1. The van der Waals surface area contributed by atoms with Crippen LogP contribution < -0.4 is 16.4 Å². The monoisotopic (exact) mass is 415 g/mol. The van der Waals surface area contributed by atoms with Crippen LogP contribution in [0, 0.1) is 0 Å². The van der Waals surface area contributed by atoms with Gasteiger partial charge in [-0.1, -0.05) is 23.7 Å². The Hall–Kier alpha value is -3.39. The maximum Gasteiger partial charge on any atom is 0.420 e. The molecule has 9 heteroatoms. The molecule has 0 saturated carbocycles. The van der Waals surface area contributed by atoms with E-state index in [1.54, 1.807) is 42.5 Å². The first-order valence-electron chi connectivity index (χ1n) is 8.80. The van der Waals surface area contributed by atoms with E-state index in [0.717, 1.165) is 5.56 Å². The van der Waals surface area contributed by atoms with E-state index in [2.05, 4.69) is 10.6 Å². The lowest BCUT2D eigenvalue weighted by Gasteiger charge is -2.08. The van der Waals surface area contributed by atoms with Crippen molar-refractivity contribution < 1.29 is 18.8 Å². The Labute approximate surface area is 170 Å². The number of halogens is 1. The standard InChI is InChI=1S/C20H18ClN3O5/c1-12(25)7-8-22-18(26)19(27)23-15-4-2-3-13(9-15)11-24-16-6-5-14(21)10-17(16)29-20(24)28/h2-6,9-10H,7-8,11H2,1H3,(H,22,26)(H,23,27). The Bertz CT molecular complexity index is 1150. The number of nitrogens with one attached hydrogen (secondary N) is 2. The summed E-state index contributed by atoms with van der Waals surface area (Å²) in [7, 11) is 0. The summed E-state index contributed by atoms with van der Waals surface area (Å²) in [6.45, 7) is 1.71. The molecule has 1 aromatic heterocycles. The molecule has 0 bridgehead atoms. The Morgan fingerprint density at radius 2 is 1.90 bits per heavy atom. The normalized spacial score (nSPS) is 10.7. The second-order valence-electron chi connectivity index (χ2n) is 6.43. The lowest BCUT2D eigenvalue weighted by molar-refractivity contribution is -0.136. The number of hydrogen-bond donors (Lipinski definition) is 2. The van der Waals surface area contributed by atoms with Gasteiger partial charge in [0.1, 0.15) is 5.78 Å². The highest BCUT2D eigenvalue weighted by molar-refractivity contribution is 6.39. The van der Waals surface area contributed by atoms with E-state index in [-0.39, 0.29) is 25.3 Å². The Morgan fingerprint density at radius 3 is 2.66 bits per heavy atom. The number of ketones is 1. The molecule has 1 heterocycles. The molecular weight excluding hydrogens is 398 g/mol. The highest BCUT2D eigenvalue weighted by Crippen LogP contribution is 2.20. The van der Waals surface area contributed by atoms with Crippen LogP contribution in [0.4, 0.5) is 5.69 Å². The van der Waals surface area contributed by atoms with Gasteiger partial charge in [-0.25, -0.2) is 4.79 Å². The van der Waals surface area contributed by atoms with Crippen molar-refractivity contribution in [2.75, 3.05) is 11.9 Å². The number of nitrogens with zero attached hydrogens (tertiary/aromatic N) is 1. The summed E-state index contributed by atoms with van der Waals surface area (Å²) < 4.78 is 6.65. The van der Waals surface area contributed by atoms with E-state index < -0.39 is 17.6 Å². The van der Waals surface area contributed by atoms with Crippen molar-refractivity contribution in [3.8, 4) is 0 Å². The van der Waals surface area contributed by atoms with Gasteiger partial charge in [0.15, 0.2) is 5.58 Å². The number of carbonyl (C=O) groups excluding carboxylic acids is 3. The van der Waals surface area contributed by atoms with E-state index in [1.165, 1.54) is 11.5 Å². The molecule has 0 unspecified atom stereocenters. The molecule has 0 aliphatic carbocycles. The molecule has 2 aromatic carbocycles. The first-order valence-corrected chi connectivity index (χ1v) is 9.18. The fourth-order valence-electron chi connectivity index (χ4n) is 2.74. The molecule has 29 heavy (non-hydrogen) atoms. The second-order valence-corrected chi connectivity index (χ2v) is 6.87. The van der Waals surface area contributed by atoms with E-state index in [4.69, 9.17) is 16.0 Å². The summed E-state index contributed by atoms with van der Waals surface area (Å²) in [6.07, 6.45) is 0.160. The molecule has 2 N–H and O–H groups in total. The third kappa shape index (κ3) is 5.11. The van der Waals surface area contributed by atoms with Crippen molar-refractivity contribution in [2.45, 2.75) is 19.9 Å². The van der Waals surface area contributed by atoms with Crippen LogP contribution in [0.5, 0.6) is 0 Å². The minimum atomic E-state index is -0.841. The first kappa shape index (κ1) is 20.3. The summed E-state index contributed by atoms with van der Waals surface area (Å²) in [6, 6.07) is 11.7. The molecule has 0 fully saturated rings. The van der Waals surface area contributed by atoms with Crippen molar-refractivity contribution in [2.24, 2.45) is 0 Å². The van der Waals surface area contributed by atoms with Gasteiger partial charge < -0.3 is 15.1 Å². The topological polar surface area (TPSA) is 110 Å². The first-order chi connectivity index (χ1) is 13.8. The summed E-state index contributed by atoms with van der Waals surface area (Å²) in [5.41, 5.74) is 2.10. The zero-order valence-corrected chi connectivity index (χ0v) is 16.3. The zero-order chi connectivity index (χ0) is 21.0. The summed E-state index contributed by atoms with van der Waals surface area (Å²) in [5, 5.41) is 5.33. The SMILES string of the molecule is CC(=O)CCNC(=O)C(=O)Nc1cccc(Cn2c(=O)oc3cc(Cl)ccc32)c1. The third-order valence-corrected chi connectivity index (χ3v) is 4.36. The quantitative estimate of drug-likeness (QED) is 0.600. The largest absolute Gasteiger partial charge is 0.420 e. The molecule has 0 aliphatic rings. The number of amides is 2. The fraction of sp³-hybridized carbons (Fsp3) is 0.200. The van der Waals surface area contributed by atoms with Crippen LogP contribution in [-0.4, -0.2) is 28.7 Å². The lowest BCUT2D eigenvalue weighted by atomic mass is 10.2. The van der Waals surface area contributed by atoms with Gasteiger partial charge in [0.05, 0.1) is 12.1 Å². The van der Waals surface area contributed by atoms with Gasteiger partial charge in [0, 0.05) is 29.7 Å². The number of benzene rings is 2. The van der Waals surface area contributed by atoms with Crippen LogP contribution in [0.2, 0.25) is 5.02 Å². The number of fused-ring (bicyclic) bond motifs is 1. The van der Waals surface area contributed by atoms with Crippen LogP contribution in [0.15, 0.2) is 51.7 Å². The summed E-state index contributed by atoms with van der Waals surface area (Å²) >= 11 is 5.92. The fourth-order valence-corrected chi connectivity index (χ4v) is 2.90. The Kier molecular flexibility index (Phi) is 6.13. The average molecular weight is 416 g/mol. The molecule has 2 amide bonds. The number of hydrogen-bond acceptors (Lipinski definition) is 5. The minimum absolute atomic E-state index is 0.0808. The molecule has 3 rings (SSSR count). The number of carbonyl (C=O) groups is 3. The van der Waals surface area contributed by atoms with Gasteiger partial charge in [-0.15, -0.1) is 0 Å². The van der Waals surface area contributed by atoms with Crippen LogP contribution >= 0.6 is 11.6 Å². The third-order valence-electron chi connectivity index (χ3n) is 4.12. The average Bonchev–Trinajstić information content (AvgIpc) is 2.96. The molecule has 8 nitrogen and oxygen atoms in total. The van der Waals surface area contributed by atoms with Crippen LogP contribution in [0.3, 0.4) is 0 Å². The molecular formula is C20H18ClN3O5. The Morgan fingerprint density at radius 1 is 1.10 bits per heavy atom. The number of Topliss-reactive ketones (excluding diaryl/α,β-unsaturated/α-hetero) is 1. The van der Waals surface area contributed by atoms with E-state index >= 15 is 0 Å². The maximum absolute atomic E-state index is 12.2. The molecule has 0 atom stereocenters. The number of anilines is 1. The summed E-state index contributed by atoms with van der Waals surface area (Å²) in [4.78, 5) is 46.8. The van der Waals surface area contributed by atoms with Crippen LogP contribution in [0.25, 0.3) is 11.1 Å². The van der Waals surface area contributed by atoms with Gasteiger partial charge in [-0.05, 0) is 36.8 Å². The highest BCUT2D eigenvalue weighted by Gasteiger charge is 2.14. The van der Waals surface area contributed by atoms with Crippen molar-refractivity contribution in [1.82, 2.24) is 9.88 Å². The minimum Gasteiger partial charge on any atom is -0.408 e. The van der Waals surface area contributed by atoms with Gasteiger partial charge >= 0.3 is 17.6 Å². The van der Waals surface area contributed by atoms with Crippen LogP contribution in [0.1, 0.15) is 18.9 Å². The van der Waals surface area contributed by atoms with E-state index in [1.807, 2.05) is 0 Å². The molecule has 0 spiro atoms. The molecule has 0 saturated heterocycles. The molecule has 0 radical (unpaired) electrons. The smallest absolute Gasteiger partial charge is 0.408 e. The van der Waals surface area contributed by atoms with E-state index in [9.17, 15) is 19.2 Å². The number of rotatable bonds is 6. The van der Waals surface area contributed by atoms with Gasteiger partial charge in [-0.3, -0.25) is 19.0 Å². The predicted molar refractivity (Wildman–Crippen MR) is 108 cm³/mol. The maximum atomic E-state index is 12.2. The van der Waals surface area contributed by atoms with E-state index in [0.29, 0.717) is 21.8 Å². The Balaban J connectivity index is 1.71. The molecule has 150 valence electrons. The van der Waals surface area contributed by atoms with Crippen molar-refractivity contribution >= 4 is 46.0 Å². The summed E-state index contributed by atoms with van der Waals surface area (Å²) in [5.74, 6) is -2.28. The van der Waals surface area contributed by atoms with Crippen LogP contribution in [-0.2, 0) is 20.9 Å². The zero-order valence-electron chi connectivity index (χ0n) is 15.5. The second kappa shape index (κ2) is 8.74.